The van der Waals surface area contributed by atoms with E-state index in [1.165, 1.54) is 0 Å². The number of hydrogen-bond donors (Lipinski definition) is 1. The van der Waals surface area contributed by atoms with Crippen molar-refractivity contribution >= 4 is 29.7 Å². The first kappa shape index (κ1) is 23.8. The van der Waals surface area contributed by atoms with Gasteiger partial charge < -0.3 is 19.7 Å². The fraction of sp³-hybridized carbons (Fsp3) is 0.857. The van der Waals surface area contributed by atoms with E-state index in [1.807, 2.05) is 31.9 Å². The number of esters is 1. The van der Waals surface area contributed by atoms with Crippen molar-refractivity contribution in [2.24, 2.45) is 5.92 Å². The molecule has 0 aromatic heterocycles. The number of hydrogen-bond acceptors (Lipinski definition) is 6. The van der Waals surface area contributed by atoms with Gasteiger partial charge in [0, 0.05) is 12.1 Å². The maximum Gasteiger partial charge on any atom is 0.408 e. The van der Waals surface area contributed by atoms with Gasteiger partial charge in [0.2, 0.25) is 5.91 Å². The topological polar surface area (TPSA) is 84.9 Å². The summed E-state index contributed by atoms with van der Waals surface area (Å²) in [6.45, 7) is 10.9. The molecule has 0 unspecified atom stereocenters. The first-order chi connectivity index (χ1) is 13.3. The highest BCUT2D eigenvalue weighted by Gasteiger charge is 2.53. The van der Waals surface area contributed by atoms with Crippen LogP contribution in [-0.4, -0.2) is 64.2 Å². The highest BCUT2D eigenvalue weighted by atomic mass is 32.2. The molecule has 2 rings (SSSR count). The van der Waals surface area contributed by atoms with Crippen LogP contribution < -0.4 is 5.32 Å². The Labute approximate surface area is 178 Å². The zero-order valence-electron chi connectivity index (χ0n) is 18.7. The predicted molar refractivity (Wildman–Crippen MR) is 114 cm³/mol. The van der Waals surface area contributed by atoms with E-state index in [0.717, 1.165) is 18.6 Å². The highest BCUT2D eigenvalue weighted by Crippen LogP contribution is 2.43. The third kappa shape index (κ3) is 6.52. The van der Waals surface area contributed by atoms with E-state index in [9.17, 15) is 14.4 Å². The minimum Gasteiger partial charge on any atom is -0.460 e. The second kappa shape index (κ2) is 9.14. The molecule has 0 aromatic rings. The van der Waals surface area contributed by atoms with Gasteiger partial charge in [-0.3, -0.25) is 9.59 Å². The third-order valence-electron chi connectivity index (χ3n) is 5.10. The normalized spacial score (nSPS) is 24.9. The lowest BCUT2D eigenvalue weighted by Gasteiger charge is -2.30. The molecule has 7 nitrogen and oxygen atoms in total. The number of amides is 2. The smallest absolute Gasteiger partial charge is 0.408 e. The van der Waals surface area contributed by atoms with Crippen molar-refractivity contribution in [2.45, 2.75) is 96.6 Å². The van der Waals surface area contributed by atoms with Gasteiger partial charge in [0.15, 0.2) is 0 Å². The number of rotatable bonds is 6. The number of thioether (sulfide) groups is 1. The number of carbonyl (C=O) groups excluding carboxylic acids is 3. The van der Waals surface area contributed by atoms with E-state index < -0.39 is 23.3 Å². The molecule has 0 aromatic carbocycles. The van der Waals surface area contributed by atoms with Crippen LogP contribution in [0.4, 0.5) is 4.79 Å². The Hall–Kier alpha value is -1.44. The van der Waals surface area contributed by atoms with Crippen LogP contribution in [0.5, 0.6) is 0 Å². The molecule has 8 heteroatoms. The minimum atomic E-state index is -0.655. The van der Waals surface area contributed by atoms with Gasteiger partial charge in [-0.1, -0.05) is 0 Å². The molecule has 2 aliphatic heterocycles. The van der Waals surface area contributed by atoms with E-state index in [-0.39, 0.29) is 29.9 Å². The number of nitrogens with one attached hydrogen (secondary N) is 1. The summed E-state index contributed by atoms with van der Waals surface area (Å²) in [5.74, 6) is 0.0941. The van der Waals surface area contributed by atoms with Crippen molar-refractivity contribution in [3.63, 3.8) is 0 Å². The maximum absolute atomic E-state index is 13.4. The zero-order chi connectivity index (χ0) is 22.0. The van der Waals surface area contributed by atoms with E-state index in [0.29, 0.717) is 12.8 Å². The Morgan fingerprint density at radius 1 is 1.07 bits per heavy atom. The van der Waals surface area contributed by atoms with Gasteiger partial charge in [-0.25, -0.2) is 4.79 Å². The Bertz CT molecular complexity index is 626. The summed E-state index contributed by atoms with van der Waals surface area (Å²) in [7, 11) is 0. The van der Waals surface area contributed by atoms with Gasteiger partial charge >= 0.3 is 12.1 Å². The molecule has 2 saturated heterocycles. The standard InChI is InChI=1S/C21H36N2O5S/c1-20(2,3)27-18(25)14-12-13-8-9-16(14)23(13)17(24)15(10-11-29-7)22-19(26)28-21(4,5)6/h13-16H,8-12H2,1-7H3,(H,22,26)/t13-,14-,15-,16-/m0/s1. The van der Waals surface area contributed by atoms with Crippen molar-refractivity contribution in [3.05, 3.63) is 0 Å². The van der Waals surface area contributed by atoms with Crippen LogP contribution in [0.2, 0.25) is 0 Å². The molecule has 1 N–H and O–H groups in total. The molecule has 0 spiro atoms. The summed E-state index contributed by atoms with van der Waals surface area (Å²) in [6.07, 6.45) is 4.21. The van der Waals surface area contributed by atoms with Gasteiger partial charge in [0.05, 0.1) is 5.92 Å². The molecular weight excluding hydrogens is 392 g/mol. The van der Waals surface area contributed by atoms with Crippen LogP contribution in [0.1, 0.15) is 67.2 Å². The monoisotopic (exact) mass is 428 g/mol. The molecule has 2 aliphatic rings. The summed E-state index contributed by atoms with van der Waals surface area (Å²) in [4.78, 5) is 40.1. The molecule has 4 atom stereocenters. The van der Waals surface area contributed by atoms with Crippen LogP contribution in [0.15, 0.2) is 0 Å². The molecule has 2 amide bonds. The van der Waals surface area contributed by atoms with Crippen molar-refractivity contribution < 1.29 is 23.9 Å². The average Bonchev–Trinajstić information content (AvgIpc) is 3.12. The summed E-state index contributed by atoms with van der Waals surface area (Å²) < 4.78 is 10.9. The summed E-state index contributed by atoms with van der Waals surface area (Å²) in [5, 5.41) is 2.75. The Morgan fingerprint density at radius 2 is 1.69 bits per heavy atom. The second-order valence-corrected chi connectivity index (χ2v) is 10.9. The van der Waals surface area contributed by atoms with E-state index in [4.69, 9.17) is 9.47 Å². The van der Waals surface area contributed by atoms with E-state index in [1.54, 1.807) is 32.5 Å². The lowest BCUT2D eigenvalue weighted by atomic mass is 9.89. The number of fused-ring (bicyclic) bond motifs is 2. The molecular formula is C21H36N2O5S. The average molecular weight is 429 g/mol. The van der Waals surface area contributed by atoms with E-state index >= 15 is 0 Å². The van der Waals surface area contributed by atoms with Crippen LogP contribution in [0.25, 0.3) is 0 Å². The van der Waals surface area contributed by atoms with Crippen LogP contribution in [0, 0.1) is 5.92 Å². The fourth-order valence-corrected chi connectivity index (χ4v) is 4.56. The largest absolute Gasteiger partial charge is 0.460 e. The molecule has 2 fully saturated rings. The second-order valence-electron chi connectivity index (χ2n) is 9.90. The van der Waals surface area contributed by atoms with Crippen molar-refractivity contribution in [3.8, 4) is 0 Å². The van der Waals surface area contributed by atoms with Crippen LogP contribution >= 0.6 is 11.8 Å². The number of alkyl carbamates (subject to hydrolysis) is 1. The summed E-state index contributed by atoms with van der Waals surface area (Å²) in [6, 6.07) is -0.778. The van der Waals surface area contributed by atoms with E-state index in [2.05, 4.69) is 5.32 Å². The Balaban J connectivity index is 2.10. The first-order valence-corrected chi connectivity index (χ1v) is 11.8. The van der Waals surface area contributed by atoms with Crippen molar-refractivity contribution in [2.75, 3.05) is 12.0 Å². The Kier molecular flexibility index (Phi) is 7.52. The number of ether oxygens (including phenoxy) is 2. The SMILES string of the molecule is CSCC[C@H](NC(=O)OC(C)(C)C)C(=O)N1[C@H]2CC[C@H]1[C@@H](C(=O)OC(C)(C)C)C2. The molecule has 2 bridgehead atoms. The summed E-state index contributed by atoms with van der Waals surface area (Å²) >= 11 is 1.62. The molecule has 29 heavy (non-hydrogen) atoms. The Morgan fingerprint density at radius 3 is 2.24 bits per heavy atom. The molecule has 0 radical (unpaired) electrons. The van der Waals surface area contributed by atoms with Crippen LogP contribution in [0.3, 0.4) is 0 Å². The highest BCUT2D eigenvalue weighted by molar-refractivity contribution is 7.98. The lowest BCUT2D eigenvalue weighted by molar-refractivity contribution is -0.161. The molecule has 0 aliphatic carbocycles. The minimum absolute atomic E-state index is 0.0298. The van der Waals surface area contributed by atoms with Gasteiger partial charge in [-0.15, -0.1) is 0 Å². The van der Waals surface area contributed by atoms with Crippen LogP contribution in [-0.2, 0) is 19.1 Å². The predicted octanol–water partition coefficient (Wildman–Crippen LogP) is 3.35. The molecule has 2 heterocycles. The zero-order valence-corrected chi connectivity index (χ0v) is 19.6. The van der Waals surface area contributed by atoms with Gasteiger partial charge in [0.1, 0.15) is 17.2 Å². The molecule has 0 saturated carbocycles. The van der Waals surface area contributed by atoms with Crippen molar-refractivity contribution in [1.82, 2.24) is 10.2 Å². The number of nitrogens with zero attached hydrogens (tertiary/aromatic N) is 1. The van der Waals surface area contributed by atoms with Gasteiger partial charge in [-0.05, 0) is 79.2 Å². The quantitative estimate of drug-likeness (QED) is 0.653. The fourth-order valence-electron chi connectivity index (χ4n) is 4.09. The maximum atomic E-state index is 13.4. The molecule has 166 valence electrons. The summed E-state index contributed by atoms with van der Waals surface area (Å²) in [5.41, 5.74) is -1.18. The third-order valence-corrected chi connectivity index (χ3v) is 5.74. The lowest BCUT2D eigenvalue weighted by Crippen LogP contribution is -2.52. The van der Waals surface area contributed by atoms with Gasteiger partial charge in [-0.2, -0.15) is 11.8 Å². The number of carbonyl (C=O) groups is 3. The van der Waals surface area contributed by atoms with Gasteiger partial charge in [0.25, 0.3) is 0 Å². The first-order valence-electron chi connectivity index (χ1n) is 10.4. The van der Waals surface area contributed by atoms with Crippen molar-refractivity contribution in [1.29, 1.82) is 0 Å².